The number of thiophene rings is 1. The normalized spacial score (nSPS) is 22.3. The fourth-order valence-corrected chi connectivity index (χ4v) is 6.10. The summed E-state index contributed by atoms with van der Waals surface area (Å²) in [7, 11) is 1.70. The molecule has 2 aromatic carbocycles. The molecule has 7 heteroatoms. The second-order valence-corrected chi connectivity index (χ2v) is 9.96. The maximum Gasteiger partial charge on any atom is 0.236 e. The first-order valence-electron chi connectivity index (χ1n) is 11.2. The highest BCUT2D eigenvalue weighted by molar-refractivity contribution is 7.10. The van der Waals surface area contributed by atoms with Crippen LogP contribution in [-0.2, 0) is 10.2 Å². The minimum atomic E-state index is -0.482. The van der Waals surface area contributed by atoms with Crippen molar-refractivity contribution in [2.75, 3.05) is 13.8 Å². The molecule has 3 aromatic rings. The van der Waals surface area contributed by atoms with Crippen LogP contribution in [0.15, 0.2) is 53.9 Å². The van der Waals surface area contributed by atoms with Crippen LogP contribution in [0.25, 0.3) is 11.1 Å². The van der Waals surface area contributed by atoms with Gasteiger partial charge in [0.15, 0.2) is 11.5 Å². The molecule has 3 heterocycles. The second kappa shape index (κ2) is 8.62. The van der Waals surface area contributed by atoms with E-state index in [1.165, 1.54) is 4.90 Å². The molecule has 2 aliphatic rings. The van der Waals surface area contributed by atoms with Crippen LogP contribution in [-0.4, -0.2) is 30.5 Å². The molecule has 0 aliphatic carbocycles. The van der Waals surface area contributed by atoms with Crippen LogP contribution in [0.5, 0.6) is 11.5 Å². The smallest absolute Gasteiger partial charge is 0.236 e. The van der Waals surface area contributed by atoms with E-state index in [0.717, 1.165) is 34.4 Å². The lowest BCUT2D eigenvalue weighted by atomic mass is 9.67. The van der Waals surface area contributed by atoms with Crippen molar-refractivity contribution < 1.29 is 14.3 Å². The monoisotopic (exact) mass is 471 g/mol. The van der Waals surface area contributed by atoms with Gasteiger partial charge < -0.3 is 14.4 Å². The highest BCUT2D eigenvalue weighted by Gasteiger charge is 2.45. The van der Waals surface area contributed by atoms with Crippen LogP contribution in [0, 0.1) is 16.7 Å². The number of nitrogens with zero attached hydrogens (tertiary/aromatic N) is 2. The third kappa shape index (κ3) is 3.74. The van der Waals surface area contributed by atoms with Gasteiger partial charge in [0.2, 0.25) is 12.7 Å². The van der Waals surface area contributed by atoms with Crippen LogP contribution in [0.3, 0.4) is 0 Å². The summed E-state index contributed by atoms with van der Waals surface area (Å²) >= 11 is 1.64. The number of carbonyl (C=O) groups is 1. The molecule has 0 unspecified atom stereocenters. The Morgan fingerprint density at radius 3 is 2.79 bits per heavy atom. The summed E-state index contributed by atoms with van der Waals surface area (Å²) in [6, 6.07) is 17.7. The van der Waals surface area contributed by atoms with Gasteiger partial charge in [-0.15, -0.1) is 11.3 Å². The van der Waals surface area contributed by atoms with Gasteiger partial charge in [-0.3, -0.25) is 10.2 Å². The molecule has 1 aromatic heterocycles. The first-order chi connectivity index (χ1) is 16.4. The van der Waals surface area contributed by atoms with Gasteiger partial charge in [0.25, 0.3) is 0 Å². The van der Waals surface area contributed by atoms with E-state index in [0.29, 0.717) is 29.3 Å². The van der Waals surface area contributed by atoms with Gasteiger partial charge in [-0.25, -0.2) is 0 Å². The summed E-state index contributed by atoms with van der Waals surface area (Å²) in [4.78, 5) is 16.5. The fraction of sp³-hybridized carbons (Fsp3) is 0.296. The van der Waals surface area contributed by atoms with Gasteiger partial charge in [-0.2, -0.15) is 5.26 Å². The summed E-state index contributed by atoms with van der Waals surface area (Å²) in [5, 5.41) is 19.8. The van der Waals surface area contributed by atoms with Gasteiger partial charge in [-0.1, -0.05) is 25.1 Å². The number of nitrogens with one attached hydrogen (secondary N) is 1. The van der Waals surface area contributed by atoms with Gasteiger partial charge in [0.05, 0.1) is 17.6 Å². The number of amidine groups is 1. The Balaban J connectivity index is 1.62. The zero-order valence-corrected chi connectivity index (χ0v) is 19.9. The minimum absolute atomic E-state index is 0.0903. The van der Waals surface area contributed by atoms with Crippen LogP contribution in [0.2, 0.25) is 0 Å². The maximum absolute atomic E-state index is 13.8. The predicted octanol–water partition coefficient (Wildman–Crippen LogP) is 5.68. The van der Waals surface area contributed by atoms with Crippen molar-refractivity contribution in [1.82, 2.24) is 4.90 Å². The van der Waals surface area contributed by atoms with Crippen LogP contribution in [0.1, 0.15) is 48.1 Å². The summed E-state index contributed by atoms with van der Waals surface area (Å²) in [5.74, 6) is 1.10. The summed E-state index contributed by atoms with van der Waals surface area (Å²) < 4.78 is 11.1. The fourth-order valence-electron chi connectivity index (χ4n) is 4.96. The molecule has 6 nitrogen and oxygen atoms in total. The minimum Gasteiger partial charge on any atom is -0.454 e. The SMILES string of the molecule is CN1C(=N)CCC[C@](C)(c2cc(-c3cccc(C#N)c3)cs2)[C@H](c2ccc3c(c2)OCO3)C1=O. The zero-order chi connectivity index (χ0) is 23.9. The van der Waals surface area contributed by atoms with Gasteiger partial charge >= 0.3 is 0 Å². The topological polar surface area (TPSA) is 86.4 Å². The van der Waals surface area contributed by atoms with E-state index >= 15 is 0 Å². The first kappa shape index (κ1) is 22.2. The van der Waals surface area contributed by atoms with Crippen molar-refractivity contribution in [1.29, 1.82) is 10.7 Å². The van der Waals surface area contributed by atoms with E-state index in [4.69, 9.17) is 14.9 Å². The number of nitriles is 1. The molecule has 1 saturated heterocycles. The van der Waals surface area contributed by atoms with E-state index < -0.39 is 11.3 Å². The molecular weight excluding hydrogens is 446 g/mol. The second-order valence-electron chi connectivity index (χ2n) is 9.05. The van der Waals surface area contributed by atoms with Gasteiger partial charge in [0, 0.05) is 23.8 Å². The third-order valence-electron chi connectivity index (χ3n) is 6.95. The Morgan fingerprint density at radius 2 is 1.97 bits per heavy atom. The number of likely N-dealkylation sites (N-methyl/N-ethyl adjacent to an activating group) is 1. The largest absolute Gasteiger partial charge is 0.454 e. The Bertz CT molecular complexity index is 1320. The maximum atomic E-state index is 13.8. The lowest BCUT2D eigenvalue weighted by Gasteiger charge is -2.40. The van der Waals surface area contributed by atoms with Crippen molar-refractivity contribution >= 4 is 23.1 Å². The van der Waals surface area contributed by atoms with E-state index in [2.05, 4.69) is 24.4 Å². The molecule has 0 spiro atoms. The van der Waals surface area contributed by atoms with E-state index in [1.54, 1.807) is 24.5 Å². The van der Waals surface area contributed by atoms with E-state index in [9.17, 15) is 10.1 Å². The van der Waals surface area contributed by atoms with Gasteiger partial charge in [-0.05, 0) is 65.2 Å². The molecule has 1 N–H and O–H groups in total. The molecule has 1 amide bonds. The van der Waals surface area contributed by atoms with Crippen molar-refractivity contribution in [3.05, 3.63) is 69.9 Å². The average molecular weight is 472 g/mol. The number of benzene rings is 2. The number of amides is 1. The Labute approximate surface area is 202 Å². The molecule has 2 atom stereocenters. The van der Waals surface area contributed by atoms with Crippen molar-refractivity contribution in [3.8, 4) is 28.7 Å². The summed E-state index contributed by atoms with van der Waals surface area (Å²) in [6.45, 7) is 2.33. The number of carbonyl (C=O) groups excluding carboxylic acids is 1. The van der Waals surface area contributed by atoms with Crippen LogP contribution >= 0.6 is 11.3 Å². The van der Waals surface area contributed by atoms with E-state index in [-0.39, 0.29) is 12.7 Å². The lowest BCUT2D eigenvalue weighted by molar-refractivity contribution is -0.130. The average Bonchev–Trinajstić information content (AvgIpc) is 3.53. The summed E-state index contributed by atoms with van der Waals surface area (Å²) in [6.07, 6.45) is 2.14. The highest BCUT2D eigenvalue weighted by atomic mass is 32.1. The Hall–Kier alpha value is -3.63. The highest BCUT2D eigenvalue weighted by Crippen LogP contribution is 2.49. The molecule has 2 aliphatic heterocycles. The first-order valence-corrected chi connectivity index (χ1v) is 12.1. The number of rotatable bonds is 3. The number of hydrogen-bond acceptors (Lipinski definition) is 6. The molecule has 0 radical (unpaired) electrons. The third-order valence-corrected chi connectivity index (χ3v) is 8.16. The van der Waals surface area contributed by atoms with Crippen molar-refractivity contribution in [3.63, 3.8) is 0 Å². The van der Waals surface area contributed by atoms with Crippen molar-refractivity contribution in [2.45, 2.75) is 37.5 Å². The number of hydrogen-bond donors (Lipinski definition) is 1. The number of fused-ring (bicyclic) bond motifs is 1. The van der Waals surface area contributed by atoms with Gasteiger partial charge in [0.1, 0.15) is 5.84 Å². The molecular formula is C27H25N3O3S. The van der Waals surface area contributed by atoms with Crippen molar-refractivity contribution in [2.24, 2.45) is 0 Å². The quantitative estimate of drug-likeness (QED) is 0.533. The molecule has 0 saturated carbocycles. The zero-order valence-electron chi connectivity index (χ0n) is 19.1. The molecule has 5 rings (SSSR count). The lowest BCUT2D eigenvalue weighted by Crippen LogP contribution is -2.46. The molecule has 1 fully saturated rings. The standard InChI is InChI=1S/C27H25N3O3S/c1-27(23-13-20(15-34-23)18-6-3-5-17(11-18)14-28)10-4-7-24(29)30(2)26(31)25(27)19-8-9-21-22(12-19)33-16-32-21/h3,5-6,8-9,11-13,15,25,29H,4,7,10,16H2,1-2H3/t25-,27-/m1/s1. The summed E-state index contributed by atoms with van der Waals surface area (Å²) in [5.41, 5.74) is 3.03. The molecule has 0 bridgehead atoms. The predicted molar refractivity (Wildman–Crippen MR) is 131 cm³/mol. The number of likely N-dealkylation sites (tertiary alicyclic amines) is 1. The number of ether oxygens (including phenoxy) is 2. The molecule has 172 valence electrons. The van der Waals surface area contributed by atoms with Crippen LogP contribution in [0.4, 0.5) is 0 Å². The Kier molecular flexibility index (Phi) is 5.62. The van der Waals surface area contributed by atoms with E-state index in [1.807, 2.05) is 36.4 Å². The Morgan fingerprint density at radius 1 is 1.15 bits per heavy atom. The molecule has 34 heavy (non-hydrogen) atoms. The van der Waals surface area contributed by atoms with Crippen LogP contribution < -0.4 is 9.47 Å².